The van der Waals surface area contributed by atoms with Crippen molar-refractivity contribution in [3.05, 3.63) is 83.8 Å². The number of ether oxygens (including phenoxy) is 2. The molecule has 1 N–H and O–H groups in total. The lowest BCUT2D eigenvalue weighted by molar-refractivity contribution is -0.129. The molecule has 0 bridgehead atoms. The van der Waals surface area contributed by atoms with Gasteiger partial charge in [0.15, 0.2) is 11.5 Å². The smallest absolute Gasteiger partial charge is 0.225 e. The van der Waals surface area contributed by atoms with E-state index in [0.717, 1.165) is 11.1 Å². The Morgan fingerprint density at radius 1 is 1.09 bits per heavy atom. The van der Waals surface area contributed by atoms with Crippen LogP contribution in [0.25, 0.3) is 0 Å². The minimum Gasteiger partial charge on any atom is -0.493 e. The van der Waals surface area contributed by atoms with Crippen molar-refractivity contribution in [3.63, 3.8) is 0 Å². The number of nitrogens with zero attached hydrogens (tertiary/aromatic N) is 1. The highest BCUT2D eigenvalue weighted by molar-refractivity contribution is 5.89. The number of furan rings is 1. The molecule has 1 aromatic heterocycles. The van der Waals surface area contributed by atoms with Gasteiger partial charge < -0.3 is 24.1 Å². The third-order valence-electron chi connectivity index (χ3n) is 5.44. The van der Waals surface area contributed by atoms with Gasteiger partial charge in [0.1, 0.15) is 12.4 Å². The Kier molecular flexibility index (Phi) is 6.75. The fraction of sp³-hybridized carbons (Fsp3) is 0.280. The maximum Gasteiger partial charge on any atom is 0.225 e. The standard InChI is InChI=1S/C25H26N2O5/c1-30-23-12-19(9-10-22(23)32-17-18-6-3-2-4-7-18)14-26-25(29)20-13-24(28)27(15-20)16-21-8-5-11-31-21/h2-12,20H,13-17H2,1H3,(H,26,29)/t20-/m1/s1. The third kappa shape index (κ3) is 5.29. The van der Waals surface area contributed by atoms with Crippen LogP contribution in [0.2, 0.25) is 0 Å². The van der Waals surface area contributed by atoms with Gasteiger partial charge in [0.05, 0.1) is 25.8 Å². The summed E-state index contributed by atoms with van der Waals surface area (Å²) in [6.45, 7) is 1.56. The number of hydrogen-bond acceptors (Lipinski definition) is 5. The van der Waals surface area contributed by atoms with Crippen LogP contribution < -0.4 is 14.8 Å². The van der Waals surface area contributed by atoms with Crippen molar-refractivity contribution in [2.75, 3.05) is 13.7 Å². The molecule has 1 saturated heterocycles. The molecule has 1 aliphatic rings. The van der Waals surface area contributed by atoms with Crippen molar-refractivity contribution in [2.45, 2.75) is 26.1 Å². The summed E-state index contributed by atoms with van der Waals surface area (Å²) in [6.07, 6.45) is 1.79. The minimum absolute atomic E-state index is 0.0388. The van der Waals surface area contributed by atoms with Gasteiger partial charge in [0.2, 0.25) is 11.8 Å². The van der Waals surface area contributed by atoms with Crippen molar-refractivity contribution < 1.29 is 23.5 Å². The van der Waals surface area contributed by atoms with Gasteiger partial charge in [-0.2, -0.15) is 0 Å². The lowest BCUT2D eigenvalue weighted by atomic mass is 10.1. The monoisotopic (exact) mass is 434 g/mol. The van der Waals surface area contributed by atoms with Crippen LogP contribution >= 0.6 is 0 Å². The van der Waals surface area contributed by atoms with Crippen molar-refractivity contribution in [1.29, 1.82) is 0 Å². The zero-order valence-electron chi connectivity index (χ0n) is 18.0. The van der Waals surface area contributed by atoms with Crippen LogP contribution in [-0.4, -0.2) is 30.4 Å². The molecular formula is C25H26N2O5. The second kappa shape index (κ2) is 10.0. The topological polar surface area (TPSA) is 81.0 Å². The number of carbonyl (C=O) groups is 2. The summed E-state index contributed by atoms with van der Waals surface area (Å²) in [6, 6.07) is 19.1. The lowest BCUT2D eigenvalue weighted by Gasteiger charge is -2.15. The number of hydrogen-bond donors (Lipinski definition) is 1. The number of amides is 2. The van der Waals surface area contributed by atoms with Gasteiger partial charge in [-0.3, -0.25) is 9.59 Å². The number of methoxy groups -OCH3 is 1. The summed E-state index contributed by atoms with van der Waals surface area (Å²) in [7, 11) is 1.59. The molecule has 2 heterocycles. The largest absolute Gasteiger partial charge is 0.493 e. The highest BCUT2D eigenvalue weighted by Gasteiger charge is 2.34. The van der Waals surface area contributed by atoms with Crippen LogP contribution in [0.1, 0.15) is 23.3 Å². The Balaban J connectivity index is 1.30. The van der Waals surface area contributed by atoms with E-state index in [1.807, 2.05) is 54.6 Å². The second-order valence-electron chi connectivity index (χ2n) is 7.73. The molecule has 7 heteroatoms. The maximum absolute atomic E-state index is 12.6. The van der Waals surface area contributed by atoms with Gasteiger partial charge >= 0.3 is 0 Å². The molecule has 7 nitrogen and oxygen atoms in total. The highest BCUT2D eigenvalue weighted by Crippen LogP contribution is 2.29. The Morgan fingerprint density at radius 2 is 1.94 bits per heavy atom. The van der Waals surface area contributed by atoms with E-state index in [-0.39, 0.29) is 24.2 Å². The molecule has 0 spiro atoms. The van der Waals surface area contributed by atoms with E-state index in [0.29, 0.717) is 43.5 Å². The number of carbonyl (C=O) groups excluding carboxylic acids is 2. The first-order valence-electron chi connectivity index (χ1n) is 10.5. The van der Waals surface area contributed by atoms with E-state index >= 15 is 0 Å². The van der Waals surface area contributed by atoms with Crippen LogP contribution in [0, 0.1) is 5.92 Å². The molecule has 32 heavy (non-hydrogen) atoms. The first kappa shape index (κ1) is 21.5. The first-order chi connectivity index (χ1) is 15.6. The number of rotatable bonds is 9. The molecule has 2 aromatic carbocycles. The van der Waals surface area contributed by atoms with Crippen molar-refractivity contribution in [2.24, 2.45) is 5.92 Å². The SMILES string of the molecule is COc1cc(CNC(=O)[C@@H]2CC(=O)N(Cc3ccco3)C2)ccc1OCc1ccccc1. The van der Waals surface area contributed by atoms with E-state index in [9.17, 15) is 9.59 Å². The fourth-order valence-corrected chi connectivity index (χ4v) is 3.70. The summed E-state index contributed by atoms with van der Waals surface area (Å²) < 4.78 is 16.6. The molecule has 1 aliphatic heterocycles. The average molecular weight is 434 g/mol. The molecule has 0 aliphatic carbocycles. The fourth-order valence-electron chi connectivity index (χ4n) is 3.70. The van der Waals surface area contributed by atoms with Gasteiger partial charge in [0, 0.05) is 19.5 Å². The summed E-state index contributed by atoms with van der Waals surface area (Å²) in [5.74, 6) is 1.41. The molecule has 166 valence electrons. The van der Waals surface area contributed by atoms with Gasteiger partial charge in [-0.15, -0.1) is 0 Å². The maximum atomic E-state index is 12.6. The summed E-state index contributed by atoms with van der Waals surface area (Å²) in [5.41, 5.74) is 1.96. The van der Waals surface area contributed by atoms with Crippen LogP contribution in [0.5, 0.6) is 11.5 Å². The molecule has 2 amide bonds. The normalized spacial score (nSPS) is 15.6. The summed E-state index contributed by atoms with van der Waals surface area (Å²) >= 11 is 0. The number of nitrogens with one attached hydrogen (secondary N) is 1. The minimum atomic E-state index is -0.368. The van der Waals surface area contributed by atoms with Gasteiger partial charge in [-0.05, 0) is 35.4 Å². The van der Waals surface area contributed by atoms with Crippen molar-refractivity contribution in [3.8, 4) is 11.5 Å². The molecule has 0 unspecified atom stereocenters. The predicted octanol–water partition coefficient (Wildman–Crippen LogP) is 3.53. The molecule has 4 rings (SSSR count). The van der Waals surface area contributed by atoms with Crippen molar-refractivity contribution in [1.82, 2.24) is 10.2 Å². The Morgan fingerprint density at radius 3 is 2.69 bits per heavy atom. The van der Waals surface area contributed by atoms with Crippen LogP contribution in [0.3, 0.4) is 0 Å². The van der Waals surface area contributed by atoms with Crippen molar-refractivity contribution >= 4 is 11.8 Å². The van der Waals surface area contributed by atoms with Crippen LogP contribution in [0.4, 0.5) is 0 Å². The van der Waals surface area contributed by atoms with Gasteiger partial charge in [0.25, 0.3) is 0 Å². The van der Waals surface area contributed by atoms with E-state index in [1.54, 1.807) is 24.3 Å². The first-order valence-corrected chi connectivity index (χ1v) is 10.5. The molecule has 1 atom stereocenters. The third-order valence-corrected chi connectivity index (χ3v) is 5.44. The van der Waals surface area contributed by atoms with E-state index < -0.39 is 0 Å². The molecule has 3 aromatic rings. The second-order valence-corrected chi connectivity index (χ2v) is 7.73. The Labute approximate surface area is 186 Å². The quantitative estimate of drug-likeness (QED) is 0.557. The Bertz CT molecular complexity index is 1050. The molecule has 1 fully saturated rings. The lowest BCUT2D eigenvalue weighted by Crippen LogP contribution is -2.32. The number of benzene rings is 2. The van der Waals surface area contributed by atoms with E-state index in [2.05, 4.69) is 5.32 Å². The van der Waals surface area contributed by atoms with Gasteiger partial charge in [-0.25, -0.2) is 0 Å². The summed E-state index contributed by atoms with van der Waals surface area (Å²) in [5, 5.41) is 2.93. The average Bonchev–Trinajstić information content (AvgIpc) is 3.47. The zero-order chi connectivity index (χ0) is 22.3. The van der Waals surface area contributed by atoms with Gasteiger partial charge in [-0.1, -0.05) is 36.4 Å². The Hall–Kier alpha value is -3.74. The van der Waals surface area contributed by atoms with E-state index in [1.165, 1.54) is 0 Å². The van der Waals surface area contributed by atoms with Crippen LogP contribution in [-0.2, 0) is 29.3 Å². The molecule has 0 saturated carbocycles. The van der Waals surface area contributed by atoms with Crippen LogP contribution in [0.15, 0.2) is 71.3 Å². The molecular weight excluding hydrogens is 408 g/mol. The van der Waals surface area contributed by atoms with E-state index in [4.69, 9.17) is 13.9 Å². The predicted molar refractivity (Wildman–Crippen MR) is 118 cm³/mol. The molecule has 0 radical (unpaired) electrons. The highest BCUT2D eigenvalue weighted by atomic mass is 16.5. The summed E-state index contributed by atoms with van der Waals surface area (Å²) in [4.78, 5) is 26.5. The zero-order valence-corrected chi connectivity index (χ0v) is 18.0. The number of likely N-dealkylation sites (tertiary alicyclic amines) is 1.